The van der Waals surface area contributed by atoms with Crippen LogP contribution in [-0.4, -0.2) is 43.2 Å². The number of benzene rings is 1. The first-order valence-corrected chi connectivity index (χ1v) is 7.16. The first-order chi connectivity index (χ1) is 9.52. The summed E-state index contributed by atoms with van der Waals surface area (Å²) in [7, 11) is 4.20. The Morgan fingerprint density at radius 1 is 1.50 bits per heavy atom. The SMILES string of the molecule is C[C@H](O)c1ccc(C#N)cc1N(C)C1CCCN(C)C1. The molecule has 4 nitrogen and oxygen atoms in total. The Hall–Kier alpha value is -1.57. The van der Waals surface area contributed by atoms with Crippen LogP contribution in [0.15, 0.2) is 18.2 Å². The van der Waals surface area contributed by atoms with Crippen molar-refractivity contribution < 1.29 is 5.11 Å². The Morgan fingerprint density at radius 3 is 2.85 bits per heavy atom. The van der Waals surface area contributed by atoms with E-state index in [-0.39, 0.29) is 0 Å². The molecule has 1 unspecified atom stereocenters. The zero-order valence-corrected chi connectivity index (χ0v) is 12.5. The van der Waals surface area contributed by atoms with Crippen molar-refractivity contribution in [3.63, 3.8) is 0 Å². The van der Waals surface area contributed by atoms with Gasteiger partial charge in [0, 0.05) is 30.9 Å². The normalized spacial score (nSPS) is 21.2. The molecule has 0 amide bonds. The molecule has 1 aliphatic heterocycles. The molecule has 20 heavy (non-hydrogen) atoms. The molecule has 4 heteroatoms. The van der Waals surface area contributed by atoms with Gasteiger partial charge in [0.25, 0.3) is 0 Å². The number of rotatable bonds is 3. The quantitative estimate of drug-likeness (QED) is 0.916. The summed E-state index contributed by atoms with van der Waals surface area (Å²) < 4.78 is 0. The van der Waals surface area contributed by atoms with Crippen LogP contribution in [0.1, 0.15) is 37.0 Å². The molecule has 0 radical (unpaired) electrons. The largest absolute Gasteiger partial charge is 0.389 e. The third-order valence-electron chi connectivity index (χ3n) is 4.14. The molecule has 108 valence electrons. The molecule has 1 N–H and O–H groups in total. The minimum absolute atomic E-state index is 0.431. The van der Waals surface area contributed by atoms with E-state index in [1.54, 1.807) is 13.0 Å². The Kier molecular flexibility index (Phi) is 4.64. The Balaban J connectivity index is 2.31. The van der Waals surface area contributed by atoms with E-state index in [2.05, 4.69) is 30.0 Å². The molecule has 0 aromatic heterocycles. The Labute approximate surface area is 121 Å². The van der Waals surface area contributed by atoms with Crippen molar-refractivity contribution >= 4 is 5.69 Å². The molecule has 0 saturated carbocycles. The number of piperidine rings is 1. The standard InChI is InChI=1S/C16H23N3O/c1-12(20)15-7-6-13(10-17)9-16(15)19(3)14-5-4-8-18(2)11-14/h6-7,9,12,14,20H,4-5,8,11H2,1-3H3/t12-,14?/m0/s1. The van der Waals surface area contributed by atoms with Gasteiger partial charge in [0.2, 0.25) is 0 Å². The van der Waals surface area contributed by atoms with E-state index >= 15 is 0 Å². The molecule has 1 heterocycles. The molecule has 0 aliphatic carbocycles. The average molecular weight is 273 g/mol. The fourth-order valence-electron chi connectivity index (χ4n) is 2.92. The maximum Gasteiger partial charge on any atom is 0.0992 e. The number of aliphatic hydroxyl groups excluding tert-OH is 1. The topological polar surface area (TPSA) is 50.5 Å². The van der Waals surface area contributed by atoms with Gasteiger partial charge < -0.3 is 14.9 Å². The Morgan fingerprint density at radius 2 is 2.25 bits per heavy atom. The molecule has 1 saturated heterocycles. The second-order valence-electron chi connectivity index (χ2n) is 5.73. The summed E-state index contributed by atoms with van der Waals surface area (Å²) in [6.07, 6.45) is 1.81. The third-order valence-corrected chi connectivity index (χ3v) is 4.14. The van der Waals surface area contributed by atoms with Crippen molar-refractivity contribution in [1.82, 2.24) is 4.90 Å². The minimum atomic E-state index is -0.526. The first kappa shape index (κ1) is 14.8. The number of likely N-dealkylation sites (N-methyl/N-ethyl adjacent to an activating group) is 2. The lowest BCUT2D eigenvalue weighted by Crippen LogP contribution is -2.45. The van der Waals surface area contributed by atoms with Gasteiger partial charge in [0.15, 0.2) is 0 Å². The van der Waals surface area contributed by atoms with E-state index < -0.39 is 6.10 Å². The van der Waals surface area contributed by atoms with Gasteiger partial charge in [-0.1, -0.05) is 6.07 Å². The number of hydrogen-bond acceptors (Lipinski definition) is 4. The van der Waals surface area contributed by atoms with Gasteiger partial charge in [-0.2, -0.15) is 5.26 Å². The fraction of sp³-hybridized carbons (Fsp3) is 0.562. The highest BCUT2D eigenvalue weighted by molar-refractivity contribution is 5.58. The number of aliphatic hydroxyl groups is 1. The van der Waals surface area contributed by atoms with E-state index in [1.807, 2.05) is 12.1 Å². The van der Waals surface area contributed by atoms with Crippen LogP contribution in [0, 0.1) is 11.3 Å². The van der Waals surface area contributed by atoms with Crippen LogP contribution in [0.2, 0.25) is 0 Å². The van der Waals surface area contributed by atoms with Crippen LogP contribution in [0.5, 0.6) is 0 Å². The lowest BCUT2D eigenvalue weighted by atomic mass is 10.00. The van der Waals surface area contributed by atoms with Crippen LogP contribution in [0.4, 0.5) is 5.69 Å². The summed E-state index contributed by atoms with van der Waals surface area (Å²) in [5, 5.41) is 19.0. The summed E-state index contributed by atoms with van der Waals surface area (Å²) >= 11 is 0. The third kappa shape index (κ3) is 3.12. The van der Waals surface area contributed by atoms with Crippen molar-refractivity contribution in [3.05, 3.63) is 29.3 Å². The second kappa shape index (κ2) is 6.25. The molecule has 1 aromatic carbocycles. The molecule has 1 aliphatic rings. The van der Waals surface area contributed by atoms with Gasteiger partial charge in [-0.25, -0.2) is 0 Å². The first-order valence-electron chi connectivity index (χ1n) is 7.16. The predicted molar refractivity (Wildman–Crippen MR) is 80.7 cm³/mol. The molecule has 1 aromatic rings. The summed E-state index contributed by atoms with van der Waals surface area (Å²) in [6.45, 7) is 3.93. The smallest absolute Gasteiger partial charge is 0.0992 e. The monoisotopic (exact) mass is 273 g/mol. The van der Waals surface area contributed by atoms with Gasteiger partial charge in [-0.05, 0) is 45.5 Å². The summed E-state index contributed by atoms with van der Waals surface area (Å²) in [6, 6.07) is 8.13. The highest BCUT2D eigenvalue weighted by Crippen LogP contribution is 2.30. The maximum absolute atomic E-state index is 9.95. The molecule has 0 spiro atoms. The number of hydrogen-bond donors (Lipinski definition) is 1. The van der Waals surface area contributed by atoms with E-state index in [9.17, 15) is 5.11 Å². The van der Waals surface area contributed by atoms with Crippen LogP contribution < -0.4 is 4.90 Å². The number of nitriles is 1. The van der Waals surface area contributed by atoms with Crippen LogP contribution >= 0.6 is 0 Å². The van der Waals surface area contributed by atoms with E-state index in [0.29, 0.717) is 11.6 Å². The van der Waals surface area contributed by atoms with Crippen molar-refractivity contribution in [2.45, 2.75) is 31.9 Å². The average Bonchev–Trinajstić information content (AvgIpc) is 2.45. The minimum Gasteiger partial charge on any atom is -0.389 e. The molecular weight excluding hydrogens is 250 g/mol. The molecule has 0 bridgehead atoms. The summed E-state index contributed by atoms with van der Waals surface area (Å²) in [4.78, 5) is 4.55. The van der Waals surface area contributed by atoms with Gasteiger partial charge in [0.1, 0.15) is 0 Å². The fourth-order valence-corrected chi connectivity index (χ4v) is 2.92. The zero-order chi connectivity index (χ0) is 14.7. The van der Waals surface area contributed by atoms with Crippen molar-refractivity contribution in [1.29, 1.82) is 5.26 Å². The van der Waals surface area contributed by atoms with Gasteiger partial charge in [-0.15, -0.1) is 0 Å². The van der Waals surface area contributed by atoms with Gasteiger partial charge in [-0.3, -0.25) is 0 Å². The highest BCUT2D eigenvalue weighted by atomic mass is 16.3. The molecule has 1 fully saturated rings. The summed E-state index contributed by atoms with van der Waals surface area (Å²) in [5.41, 5.74) is 2.50. The number of nitrogens with zero attached hydrogens (tertiary/aromatic N) is 3. The molecular formula is C16H23N3O. The van der Waals surface area contributed by atoms with E-state index in [1.165, 1.54) is 6.42 Å². The highest BCUT2D eigenvalue weighted by Gasteiger charge is 2.23. The molecule has 2 rings (SSSR count). The van der Waals surface area contributed by atoms with E-state index in [4.69, 9.17) is 5.26 Å². The lowest BCUT2D eigenvalue weighted by molar-refractivity contribution is 0.199. The van der Waals surface area contributed by atoms with Crippen molar-refractivity contribution in [3.8, 4) is 6.07 Å². The number of likely N-dealkylation sites (tertiary alicyclic amines) is 1. The second-order valence-corrected chi connectivity index (χ2v) is 5.73. The molecule has 2 atom stereocenters. The van der Waals surface area contributed by atoms with Crippen molar-refractivity contribution in [2.24, 2.45) is 0 Å². The van der Waals surface area contributed by atoms with Gasteiger partial charge in [0.05, 0.1) is 17.7 Å². The predicted octanol–water partition coefficient (Wildman–Crippen LogP) is 2.14. The van der Waals surface area contributed by atoms with Crippen LogP contribution in [0.3, 0.4) is 0 Å². The van der Waals surface area contributed by atoms with Crippen LogP contribution in [0.25, 0.3) is 0 Å². The Bertz CT molecular complexity index is 507. The van der Waals surface area contributed by atoms with E-state index in [0.717, 1.165) is 30.8 Å². The number of anilines is 1. The summed E-state index contributed by atoms with van der Waals surface area (Å²) in [5.74, 6) is 0. The lowest BCUT2D eigenvalue weighted by Gasteiger charge is -2.38. The maximum atomic E-state index is 9.95. The van der Waals surface area contributed by atoms with Crippen molar-refractivity contribution in [2.75, 3.05) is 32.1 Å². The van der Waals surface area contributed by atoms with Crippen LogP contribution in [-0.2, 0) is 0 Å². The zero-order valence-electron chi connectivity index (χ0n) is 12.5. The van der Waals surface area contributed by atoms with Gasteiger partial charge >= 0.3 is 0 Å².